The SMILES string of the molecule is CC(C)(O)CC[C@H]1OC(C)(C)O[C@]1(C)[C@H]1CCC2=C3C[C@H](O)[C@H]4C[C@@H](O)[C@@H](O)C[C@]4(C)[C@H]3CC[C@@]21C. The fraction of sp³-hybridized carbons (Fsp3) is 0.933. The van der Waals surface area contributed by atoms with E-state index in [1.165, 1.54) is 11.1 Å². The van der Waals surface area contributed by atoms with Gasteiger partial charge in [-0.2, -0.15) is 0 Å². The van der Waals surface area contributed by atoms with Crippen molar-refractivity contribution in [1.82, 2.24) is 0 Å². The van der Waals surface area contributed by atoms with Crippen LogP contribution in [0.1, 0.15) is 106 Å². The van der Waals surface area contributed by atoms with Gasteiger partial charge in [0, 0.05) is 0 Å². The van der Waals surface area contributed by atoms with Crippen LogP contribution in [-0.4, -0.2) is 61.8 Å². The van der Waals surface area contributed by atoms with Gasteiger partial charge < -0.3 is 29.9 Å². The highest BCUT2D eigenvalue weighted by Gasteiger charge is 2.64. The first-order valence-electron chi connectivity index (χ1n) is 14.4. The predicted octanol–water partition coefficient (Wildman–Crippen LogP) is 4.47. The molecule has 4 N–H and O–H groups in total. The molecule has 0 aromatic carbocycles. The average Bonchev–Trinajstić information content (AvgIpc) is 3.21. The van der Waals surface area contributed by atoms with Crippen molar-refractivity contribution in [2.75, 3.05) is 0 Å². The van der Waals surface area contributed by atoms with Crippen molar-refractivity contribution in [2.24, 2.45) is 28.6 Å². The van der Waals surface area contributed by atoms with E-state index in [4.69, 9.17) is 9.47 Å². The lowest BCUT2D eigenvalue weighted by Crippen LogP contribution is -2.57. The molecule has 206 valence electrons. The number of rotatable bonds is 4. The zero-order chi connectivity index (χ0) is 26.5. The van der Waals surface area contributed by atoms with Crippen LogP contribution in [0.3, 0.4) is 0 Å². The van der Waals surface area contributed by atoms with Crippen molar-refractivity contribution in [3.63, 3.8) is 0 Å². The Hall–Kier alpha value is -0.500. The summed E-state index contributed by atoms with van der Waals surface area (Å²) in [5.41, 5.74) is 1.53. The largest absolute Gasteiger partial charge is 0.392 e. The second kappa shape index (κ2) is 8.50. The summed E-state index contributed by atoms with van der Waals surface area (Å²) in [4.78, 5) is 0. The monoisotopic (exact) mass is 506 g/mol. The Labute approximate surface area is 217 Å². The van der Waals surface area contributed by atoms with E-state index in [0.29, 0.717) is 37.5 Å². The van der Waals surface area contributed by atoms with Crippen LogP contribution in [0.15, 0.2) is 11.1 Å². The van der Waals surface area contributed by atoms with E-state index in [9.17, 15) is 20.4 Å². The van der Waals surface area contributed by atoms with Gasteiger partial charge in [0.25, 0.3) is 0 Å². The Balaban J connectivity index is 1.49. The molecule has 5 aliphatic rings. The molecule has 36 heavy (non-hydrogen) atoms. The number of aliphatic hydroxyl groups is 4. The molecule has 6 nitrogen and oxygen atoms in total. The van der Waals surface area contributed by atoms with Crippen molar-refractivity contribution >= 4 is 0 Å². The summed E-state index contributed by atoms with van der Waals surface area (Å²) in [5.74, 6) is 0.0146. The molecule has 1 saturated heterocycles. The highest BCUT2D eigenvalue weighted by Crippen LogP contribution is 2.67. The zero-order valence-electron chi connectivity index (χ0n) is 23.5. The molecule has 1 aliphatic heterocycles. The van der Waals surface area contributed by atoms with Crippen LogP contribution in [-0.2, 0) is 9.47 Å². The smallest absolute Gasteiger partial charge is 0.164 e. The maximum Gasteiger partial charge on any atom is 0.164 e. The van der Waals surface area contributed by atoms with Gasteiger partial charge in [0.15, 0.2) is 5.79 Å². The summed E-state index contributed by atoms with van der Waals surface area (Å²) in [6, 6.07) is 0. The van der Waals surface area contributed by atoms with Crippen LogP contribution in [0.25, 0.3) is 0 Å². The molecular weight excluding hydrogens is 456 g/mol. The van der Waals surface area contributed by atoms with Gasteiger partial charge in [0.1, 0.15) is 0 Å². The van der Waals surface area contributed by atoms with Gasteiger partial charge in [0.2, 0.25) is 0 Å². The third-order valence-electron chi connectivity index (χ3n) is 11.3. The number of allylic oxidation sites excluding steroid dienone is 1. The van der Waals surface area contributed by atoms with Crippen LogP contribution < -0.4 is 0 Å². The van der Waals surface area contributed by atoms with Gasteiger partial charge in [-0.3, -0.25) is 0 Å². The van der Waals surface area contributed by atoms with Crippen LogP contribution in [0.2, 0.25) is 0 Å². The number of hydrogen-bond acceptors (Lipinski definition) is 6. The molecule has 0 radical (unpaired) electrons. The Morgan fingerprint density at radius 1 is 0.972 bits per heavy atom. The maximum absolute atomic E-state index is 11.3. The summed E-state index contributed by atoms with van der Waals surface area (Å²) >= 11 is 0. The standard InChI is InChI=1S/C30H50O6/c1-26(2,34)12-11-25-30(7,36-27(3,4)35-25)24-9-8-18-17-14-21(31)20-15-22(32)23(33)16-29(20,6)19(17)10-13-28(18,24)5/h19-25,31-34H,8-16H2,1-7H3/t19-,20+,21-,22+,23-,24-,25+,28-,29+,30+/m0/s1. The van der Waals surface area contributed by atoms with Crippen LogP contribution in [0.4, 0.5) is 0 Å². The molecule has 10 atom stereocenters. The third-order valence-corrected chi connectivity index (χ3v) is 11.3. The summed E-state index contributed by atoms with van der Waals surface area (Å²) < 4.78 is 13.3. The van der Waals surface area contributed by atoms with Crippen molar-refractivity contribution < 1.29 is 29.9 Å². The van der Waals surface area contributed by atoms with E-state index in [2.05, 4.69) is 20.8 Å². The summed E-state index contributed by atoms with van der Waals surface area (Å²) in [6.07, 6.45) is 5.29. The second-order valence-corrected chi connectivity index (χ2v) is 14.7. The minimum atomic E-state index is -0.746. The number of fused-ring (bicyclic) bond motifs is 4. The molecule has 4 aliphatic carbocycles. The molecule has 0 spiro atoms. The van der Waals surface area contributed by atoms with Crippen molar-refractivity contribution in [3.05, 3.63) is 11.1 Å². The molecule has 4 fully saturated rings. The van der Waals surface area contributed by atoms with Gasteiger partial charge in [-0.25, -0.2) is 0 Å². The molecule has 0 aromatic rings. The average molecular weight is 507 g/mol. The zero-order valence-corrected chi connectivity index (χ0v) is 23.5. The summed E-state index contributed by atoms with van der Waals surface area (Å²) in [7, 11) is 0. The Morgan fingerprint density at radius 3 is 2.33 bits per heavy atom. The molecular formula is C30H50O6. The van der Waals surface area contributed by atoms with Crippen molar-refractivity contribution in [2.45, 2.75) is 148 Å². The minimum Gasteiger partial charge on any atom is -0.392 e. The van der Waals surface area contributed by atoms with Gasteiger partial charge in [-0.1, -0.05) is 25.0 Å². The first kappa shape index (κ1) is 27.1. The lowest BCUT2D eigenvalue weighted by atomic mass is 9.47. The number of aliphatic hydroxyl groups excluding tert-OH is 3. The molecule has 0 bridgehead atoms. The molecule has 0 amide bonds. The van der Waals surface area contributed by atoms with E-state index in [1.807, 2.05) is 27.7 Å². The fourth-order valence-corrected chi connectivity index (χ4v) is 9.69. The van der Waals surface area contributed by atoms with Crippen LogP contribution in [0.5, 0.6) is 0 Å². The highest BCUT2D eigenvalue weighted by atomic mass is 16.8. The van der Waals surface area contributed by atoms with Gasteiger partial charge >= 0.3 is 0 Å². The molecule has 1 heterocycles. The highest BCUT2D eigenvalue weighted by molar-refractivity contribution is 5.37. The topological polar surface area (TPSA) is 99.4 Å². The van der Waals surface area contributed by atoms with Gasteiger partial charge in [0.05, 0.1) is 35.6 Å². The second-order valence-electron chi connectivity index (χ2n) is 14.7. The predicted molar refractivity (Wildman–Crippen MR) is 138 cm³/mol. The van der Waals surface area contributed by atoms with E-state index >= 15 is 0 Å². The van der Waals surface area contributed by atoms with Gasteiger partial charge in [-0.15, -0.1) is 0 Å². The normalized spacial score (nSPS) is 50.6. The molecule has 3 saturated carbocycles. The van der Waals surface area contributed by atoms with Crippen molar-refractivity contribution in [1.29, 1.82) is 0 Å². The van der Waals surface area contributed by atoms with Crippen LogP contribution in [0, 0.1) is 28.6 Å². The molecule has 0 unspecified atom stereocenters. The first-order valence-corrected chi connectivity index (χ1v) is 14.4. The maximum atomic E-state index is 11.3. The molecule has 0 aromatic heterocycles. The van der Waals surface area contributed by atoms with E-state index in [-0.39, 0.29) is 22.9 Å². The Bertz CT molecular complexity index is 906. The minimum absolute atomic E-state index is 0.0208. The lowest BCUT2D eigenvalue weighted by molar-refractivity contribution is -0.177. The third kappa shape index (κ3) is 4.14. The van der Waals surface area contributed by atoms with Crippen LogP contribution >= 0.6 is 0 Å². The van der Waals surface area contributed by atoms with Crippen molar-refractivity contribution in [3.8, 4) is 0 Å². The Kier molecular flexibility index (Phi) is 6.39. The fourth-order valence-electron chi connectivity index (χ4n) is 9.69. The summed E-state index contributed by atoms with van der Waals surface area (Å²) in [5, 5.41) is 42.7. The molecule has 5 rings (SSSR count). The summed E-state index contributed by atoms with van der Waals surface area (Å²) in [6.45, 7) is 14.6. The Morgan fingerprint density at radius 2 is 1.67 bits per heavy atom. The quantitative estimate of drug-likeness (QED) is 0.420. The molecule has 6 heteroatoms. The lowest BCUT2D eigenvalue weighted by Gasteiger charge is -2.59. The number of ether oxygens (including phenoxy) is 2. The van der Waals surface area contributed by atoms with E-state index in [0.717, 1.165) is 32.1 Å². The first-order chi connectivity index (χ1) is 16.5. The van der Waals surface area contributed by atoms with Gasteiger partial charge in [-0.05, 0) is 121 Å². The number of hydrogen-bond donors (Lipinski definition) is 4. The van der Waals surface area contributed by atoms with E-state index < -0.39 is 35.3 Å². The van der Waals surface area contributed by atoms with E-state index in [1.54, 1.807) is 0 Å².